The van der Waals surface area contributed by atoms with Crippen molar-refractivity contribution in [2.24, 2.45) is 23.7 Å². The number of carbonyl (C=O) groups is 4. The van der Waals surface area contributed by atoms with Gasteiger partial charge in [0.25, 0.3) is 0 Å². The fourth-order valence-corrected chi connectivity index (χ4v) is 4.33. The Bertz CT molecular complexity index is 747. The molecule has 118 valence electrons. The number of Topliss-reactive ketones (excluding diaryl/α,β-unsaturated/α-hetero) is 2. The molecule has 0 N–H and O–H groups in total. The summed E-state index contributed by atoms with van der Waals surface area (Å²) in [6.45, 7) is 1.83. The summed E-state index contributed by atoms with van der Waals surface area (Å²) in [6.07, 6.45) is 0.179. The van der Waals surface area contributed by atoms with Gasteiger partial charge in [-0.1, -0.05) is 17.7 Å². The summed E-state index contributed by atoms with van der Waals surface area (Å²) in [4.78, 5) is 50.8. The molecule has 1 heterocycles. The molecule has 4 atom stereocenters. The van der Waals surface area contributed by atoms with E-state index < -0.39 is 23.7 Å². The van der Waals surface area contributed by atoms with Crippen molar-refractivity contribution in [3.05, 3.63) is 28.8 Å². The standard InChI is InChI=1S/C17H14ClNO4/c1-7-2-3-8(4-11(7)18)19-16(22)14-9-5-12(20)10(6-13(9)21)15(14)17(19)23/h2-4,9-10,14-15H,5-6H2,1H3/t9-,10+,14-,15-/m1/s1. The van der Waals surface area contributed by atoms with Gasteiger partial charge in [-0.05, 0) is 24.6 Å². The van der Waals surface area contributed by atoms with Crippen molar-refractivity contribution < 1.29 is 19.2 Å². The van der Waals surface area contributed by atoms with Crippen molar-refractivity contribution in [3.8, 4) is 0 Å². The number of nitrogens with zero attached hydrogens (tertiary/aromatic N) is 1. The van der Waals surface area contributed by atoms with Gasteiger partial charge < -0.3 is 0 Å². The van der Waals surface area contributed by atoms with Gasteiger partial charge in [0.1, 0.15) is 11.6 Å². The number of aryl methyl sites for hydroxylation is 1. The molecule has 4 fully saturated rings. The lowest BCUT2D eigenvalue weighted by atomic mass is 9.58. The predicted octanol–water partition coefficient (Wildman–Crippen LogP) is 1.93. The molecular formula is C17H14ClNO4. The van der Waals surface area contributed by atoms with Crippen LogP contribution in [0.15, 0.2) is 18.2 Å². The van der Waals surface area contributed by atoms with Crippen LogP contribution < -0.4 is 4.90 Å². The summed E-state index contributed by atoms with van der Waals surface area (Å²) in [5.74, 6) is -3.55. The van der Waals surface area contributed by atoms with E-state index in [0.29, 0.717) is 10.7 Å². The second-order valence-corrected chi connectivity index (χ2v) is 6.96. The lowest BCUT2D eigenvalue weighted by Gasteiger charge is -2.40. The molecule has 1 aliphatic heterocycles. The highest BCUT2D eigenvalue weighted by atomic mass is 35.5. The number of benzene rings is 1. The molecule has 2 amide bonds. The molecule has 1 aromatic rings. The number of rotatable bonds is 1. The molecule has 5 nitrogen and oxygen atoms in total. The number of fused-ring (bicyclic) bond motifs is 2. The Kier molecular flexibility index (Phi) is 3.00. The minimum absolute atomic E-state index is 0.0687. The fraction of sp³-hybridized carbons (Fsp3) is 0.412. The average molecular weight is 332 g/mol. The molecule has 1 aromatic carbocycles. The number of imide groups is 1. The predicted molar refractivity (Wildman–Crippen MR) is 81.9 cm³/mol. The van der Waals surface area contributed by atoms with Gasteiger partial charge in [-0.2, -0.15) is 0 Å². The van der Waals surface area contributed by atoms with Gasteiger partial charge in [0.2, 0.25) is 11.8 Å². The number of carbonyl (C=O) groups excluding carboxylic acids is 4. The molecule has 4 aliphatic rings. The highest BCUT2D eigenvalue weighted by molar-refractivity contribution is 6.32. The Morgan fingerprint density at radius 1 is 0.957 bits per heavy atom. The van der Waals surface area contributed by atoms with Gasteiger partial charge in [0.05, 0.1) is 17.5 Å². The Labute approximate surface area is 137 Å². The van der Waals surface area contributed by atoms with E-state index in [1.54, 1.807) is 18.2 Å². The normalized spacial score (nSPS) is 32.7. The fourth-order valence-electron chi connectivity index (χ4n) is 4.15. The zero-order valence-corrected chi connectivity index (χ0v) is 13.2. The summed E-state index contributed by atoms with van der Waals surface area (Å²) in [7, 11) is 0. The highest BCUT2D eigenvalue weighted by Crippen LogP contribution is 2.50. The van der Waals surface area contributed by atoms with E-state index in [9.17, 15) is 19.2 Å². The van der Waals surface area contributed by atoms with E-state index >= 15 is 0 Å². The van der Waals surface area contributed by atoms with Crippen LogP contribution in [0.2, 0.25) is 5.02 Å². The maximum atomic E-state index is 12.8. The first-order chi connectivity index (χ1) is 10.9. The molecule has 3 saturated carbocycles. The van der Waals surface area contributed by atoms with Gasteiger partial charge in [0.15, 0.2) is 0 Å². The van der Waals surface area contributed by atoms with E-state index in [4.69, 9.17) is 11.6 Å². The largest absolute Gasteiger partial charge is 0.299 e. The smallest absolute Gasteiger partial charge is 0.238 e. The Balaban J connectivity index is 1.79. The second-order valence-electron chi connectivity index (χ2n) is 6.55. The molecule has 2 bridgehead atoms. The Morgan fingerprint density at radius 3 is 1.96 bits per heavy atom. The van der Waals surface area contributed by atoms with Gasteiger partial charge in [-0.25, -0.2) is 4.90 Å². The minimum Gasteiger partial charge on any atom is -0.299 e. The molecule has 23 heavy (non-hydrogen) atoms. The van der Waals surface area contributed by atoms with Crippen molar-refractivity contribution in [2.75, 3.05) is 4.90 Å². The molecule has 6 heteroatoms. The Morgan fingerprint density at radius 2 is 1.48 bits per heavy atom. The third-order valence-corrected chi connectivity index (χ3v) is 5.76. The number of halogens is 1. The van der Waals surface area contributed by atoms with Crippen LogP contribution in [-0.2, 0) is 19.2 Å². The summed E-state index contributed by atoms with van der Waals surface area (Å²) >= 11 is 6.10. The quantitative estimate of drug-likeness (QED) is 0.737. The second kappa shape index (κ2) is 4.74. The lowest BCUT2D eigenvalue weighted by molar-refractivity contribution is -0.153. The SMILES string of the molecule is Cc1ccc(N2C(=O)[C@H]3[C@H](C2=O)[C@H]2CC(=O)[C@H]3CC2=O)cc1Cl. The first-order valence-electron chi connectivity index (χ1n) is 7.59. The van der Waals surface area contributed by atoms with Crippen LogP contribution in [0.4, 0.5) is 5.69 Å². The zero-order chi connectivity index (χ0) is 16.5. The summed E-state index contributed by atoms with van der Waals surface area (Å²) in [5, 5.41) is 0.466. The van der Waals surface area contributed by atoms with Crippen LogP contribution in [0.5, 0.6) is 0 Å². The molecule has 1 saturated heterocycles. The first kappa shape index (κ1) is 14.6. The van der Waals surface area contributed by atoms with Gasteiger partial charge in [-0.15, -0.1) is 0 Å². The molecule has 5 rings (SSSR count). The topological polar surface area (TPSA) is 71.5 Å². The van der Waals surface area contributed by atoms with Crippen LogP contribution in [0.1, 0.15) is 18.4 Å². The number of ketones is 2. The zero-order valence-electron chi connectivity index (χ0n) is 12.4. The van der Waals surface area contributed by atoms with Crippen LogP contribution >= 0.6 is 11.6 Å². The average Bonchev–Trinajstić information content (AvgIpc) is 2.77. The number of amides is 2. The van der Waals surface area contributed by atoms with E-state index in [-0.39, 0.29) is 36.2 Å². The Hall–Kier alpha value is -2.01. The highest BCUT2D eigenvalue weighted by Gasteiger charge is 2.63. The van der Waals surface area contributed by atoms with Crippen molar-refractivity contribution in [3.63, 3.8) is 0 Å². The van der Waals surface area contributed by atoms with Crippen molar-refractivity contribution >= 4 is 40.7 Å². The van der Waals surface area contributed by atoms with Crippen molar-refractivity contribution in [1.29, 1.82) is 0 Å². The molecular weight excluding hydrogens is 318 g/mol. The number of hydrogen-bond acceptors (Lipinski definition) is 4. The van der Waals surface area contributed by atoms with Crippen LogP contribution in [0.25, 0.3) is 0 Å². The molecule has 0 unspecified atom stereocenters. The van der Waals surface area contributed by atoms with Crippen molar-refractivity contribution in [2.45, 2.75) is 19.8 Å². The van der Waals surface area contributed by atoms with E-state index in [0.717, 1.165) is 10.5 Å². The van der Waals surface area contributed by atoms with Gasteiger partial charge >= 0.3 is 0 Å². The van der Waals surface area contributed by atoms with Crippen LogP contribution in [0.3, 0.4) is 0 Å². The number of anilines is 1. The summed E-state index contributed by atoms with van der Waals surface area (Å²) in [6, 6.07) is 4.99. The molecule has 3 aliphatic carbocycles. The molecule has 0 aromatic heterocycles. The van der Waals surface area contributed by atoms with Crippen molar-refractivity contribution in [1.82, 2.24) is 0 Å². The van der Waals surface area contributed by atoms with Gasteiger partial charge in [-0.3, -0.25) is 19.2 Å². The maximum Gasteiger partial charge on any atom is 0.238 e. The number of hydrogen-bond donors (Lipinski definition) is 0. The lowest BCUT2D eigenvalue weighted by Crippen LogP contribution is -2.51. The van der Waals surface area contributed by atoms with E-state index in [2.05, 4.69) is 0 Å². The van der Waals surface area contributed by atoms with E-state index in [1.807, 2.05) is 6.92 Å². The minimum atomic E-state index is -0.688. The summed E-state index contributed by atoms with van der Waals surface area (Å²) < 4.78 is 0. The van der Waals surface area contributed by atoms with E-state index in [1.165, 1.54) is 0 Å². The molecule has 0 radical (unpaired) electrons. The van der Waals surface area contributed by atoms with Gasteiger partial charge in [0, 0.05) is 29.7 Å². The third kappa shape index (κ3) is 1.86. The monoisotopic (exact) mass is 331 g/mol. The first-order valence-corrected chi connectivity index (χ1v) is 7.97. The summed E-state index contributed by atoms with van der Waals surface area (Å²) in [5.41, 5.74) is 1.25. The van der Waals surface area contributed by atoms with Crippen LogP contribution in [0, 0.1) is 30.6 Å². The molecule has 0 spiro atoms. The van der Waals surface area contributed by atoms with Crippen LogP contribution in [-0.4, -0.2) is 23.4 Å². The third-order valence-electron chi connectivity index (χ3n) is 5.35. The maximum absolute atomic E-state index is 12.8.